The number of oxazole rings is 1. The van der Waals surface area contributed by atoms with Gasteiger partial charge < -0.3 is 14.1 Å². The second-order valence-electron chi connectivity index (χ2n) is 5.32. The maximum absolute atomic E-state index is 12.2. The summed E-state index contributed by atoms with van der Waals surface area (Å²) in [4.78, 5) is 17.8. The van der Waals surface area contributed by atoms with Crippen LogP contribution in [-0.2, 0) is 6.42 Å². The van der Waals surface area contributed by atoms with Gasteiger partial charge in [0.25, 0.3) is 5.91 Å². The minimum absolute atomic E-state index is 0.0651. The van der Waals surface area contributed by atoms with E-state index in [9.17, 15) is 4.79 Å². The van der Waals surface area contributed by atoms with Crippen LogP contribution in [0.2, 0.25) is 0 Å². The van der Waals surface area contributed by atoms with E-state index >= 15 is 0 Å². The van der Waals surface area contributed by atoms with Gasteiger partial charge in [0, 0.05) is 13.1 Å². The van der Waals surface area contributed by atoms with Gasteiger partial charge in [-0.15, -0.1) is 0 Å². The topological polar surface area (TPSA) is 55.6 Å². The molecule has 1 amide bonds. The highest BCUT2D eigenvalue weighted by atomic mass is 16.5. The van der Waals surface area contributed by atoms with Crippen molar-refractivity contribution in [2.24, 2.45) is 5.92 Å². The van der Waals surface area contributed by atoms with Crippen molar-refractivity contribution in [1.29, 1.82) is 0 Å². The first-order chi connectivity index (χ1) is 10.3. The predicted octanol–water partition coefficient (Wildman–Crippen LogP) is 2.39. The number of aromatic nitrogens is 1. The standard InChI is InChI=1S/C16H18N2O3/c1-20-14-4-2-12(3-5-14)8-13-6-7-18(10-13)16(19)15-9-17-11-21-15/h2-5,9,11,13H,6-8,10H2,1H3. The van der Waals surface area contributed by atoms with Crippen LogP contribution in [0, 0.1) is 5.92 Å². The highest BCUT2D eigenvalue weighted by Gasteiger charge is 2.28. The van der Waals surface area contributed by atoms with E-state index in [0.29, 0.717) is 11.7 Å². The molecule has 1 saturated heterocycles. The smallest absolute Gasteiger partial charge is 0.291 e. The molecule has 3 rings (SSSR count). The Kier molecular flexibility index (Phi) is 3.90. The van der Waals surface area contributed by atoms with Crippen LogP contribution in [0.25, 0.3) is 0 Å². The largest absolute Gasteiger partial charge is 0.497 e. The third-order valence-corrected chi connectivity index (χ3v) is 3.90. The highest BCUT2D eigenvalue weighted by Crippen LogP contribution is 2.23. The Morgan fingerprint density at radius 1 is 1.43 bits per heavy atom. The Morgan fingerprint density at radius 3 is 2.90 bits per heavy atom. The summed E-state index contributed by atoms with van der Waals surface area (Å²) in [5.74, 6) is 1.61. The van der Waals surface area contributed by atoms with Crippen LogP contribution < -0.4 is 4.74 Å². The van der Waals surface area contributed by atoms with Crippen molar-refractivity contribution in [3.05, 3.63) is 48.2 Å². The molecule has 0 spiro atoms. The molecule has 0 saturated carbocycles. The van der Waals surface area contributed by atoms with E-state index in [4.69, 9.17) is 9.15 Å². The number of hydrogen-bond donors (Lipinski definition) is 0. The fourth-order valence-corrected chi connectivity index (χ4v) is 2.76. The molecule has 2 heterocycles. The van der Waals surface area contributed by atoms with E-state index in [1.54, 1.807) is 7.11 Å². The van der Waals surface area contributed by atoms with E-state index in [0.717, 1.165) is 31.7 Å². The molecule has 0 N–H and O–H groups in total. The lowest BCUT2D eigenvalue weighted by atomic mass is 9.99. The van der Waals surface area contributed by atoms with Crippen molar-refractivity contribution in [1.82, 2.24) is 9.88 Å². The zero-order valence-electron chi connectivity index (χ0n) is 12.0. The van der Waals surface area contributed by atoms with Gasteiger partial charge in [-0.1, -0.05) is 12.1 Å². The SMILES string of the molecule is COc1ccc(CC2CCN(C(=O)c3cnco3)C2)cc1. The summed E-state index contributed by atoms with van der Waals surface area (Å²) >= 11 is 0. The molecule has 110 valence electrons. The van der Waals surface area contributed by atoms with Crippen molar-refractivity contribution < 1.29 is 13.9 Å². The minimum atomic E-state index is -0.0651. The fraction of sp³-hybridized carbons (Fsp3) is 0.375. The lowest BCUT2D eigenvalue weighted by Crippen LogP contribution is -2.28. The maximum atomic E-state index is 12.2. The average Bonchev–Trinajstić information content (AvgIpc) is 3.19. The molecule has 0 radical (unpaired) electrons. The Morgan fingerprint density at radius 2 is 2.24 bits per heavy atom. The zero-order valence-corrected chi connectivity index (χ0v) is 12.0. The Bertz CT molecular complexity index is 592. The zero-order chi connectivity index (χ0) is 14.7. The Balaban J connectivity index is 1.58. The summed E-state index contributed by atoms with van der Waals surface area (Å²) in [5, 5.41) is 0. The van der Waals surface area contributed by atoms with Crippen molar-refractivity contribution in [3.8, 4) is 5.75 Å². The van der Waals surface area contributed by atoms with Crippen molar-refractivity contribution in [2.75, 3.05) is 20.2 Å². The number of nitrogens with zero attached hydrogens (tertiary/aromatic N) is 2. The normalized spacial score (nSPS) is 18.0. The quantitative estimate of drug-likeness (QED) is 0.866. The summed E-state index contributed by atoms with van der Waals surface area (Å²) in [6.45, 7) is 1.55. The summed E-state index contributed by atoms with van der Waals surface area (Å²) < 4.78 is 10.2. The fourth-order valence-electron chi connectivity index (χ4n) is 2.76. The molecule has 1 aromatic carbocycles. The molecule has 0 bridgehead atoms. The number of carbonyl (C=O) groups is 1. The van der Waals surface area contributed by atoms with Crippen molar-refractivity contribution in [3.63, 3.8) is 0 Å². The van der Waals surface area contributed by atoms with Gasteiger partial charge in [-0.2, -0.15) is 0 Å². The predicted molar refractivity (Wildman–Crippen MR) is 77.2 cm³/mol. The average molecular weight is 286 g/mol. The second-order valence-corrected chi connectivity index (χ2v) is 5.32. The molecule has 0 aliphatic carbocycles. The molecule has 1 aliphatic rings. The van der Waals surface area contributed by atoms with Crippen LogP contribution >= 0.6 is 0 Å². The van der Waals surface area contributed by atoms with Gasteiger partial charge in [0.05, 0.1) is 13.3 Å². The molecule has 1 atom stereocenters. The lowest BCUT2D eigenvalue weighted by molar-refractivity contribution is 0.0755. The number of ether oxygens (including phenoxy) is 1. The number of likely N-dealkylation sites (tertiary alicyclic amines) is 1. The van der Waals surface area contributed by atoms with Crippen molar-refractivity contribution >= 4 is 5.91 Å². The van der Waals surface area contributed by atoms with Crippen LogP contribution in [0.5, 0.6) is 5.75 Å². The number of carbonyl (C=O) groups excluding carboxylic acids is 1. The van der Waals surface area contributed by atoms with Gasteiger partial charge in [-0.3, -0.25) is 4.79 Å². The molecule has 2 aromatic rings. The molecule has 21 heavy (non-hydrogen) atoms. The van der Waals surface area contributed by atoms with E-state index in [1.165, 1.54) is 18.2 Å². The number of rotatable bonds is 4. The molecule has 1 aliphatic heterocycles. The monoisotopic (exact) mass is 286 g/mol. The van der Waals surface area contributed by atoms with Crippen LogP contribution in [0.15, 0.2) is 41.3 Å². The first-order valence-electron chi connectivity index (χ1n) is 7.07. The second kappa shape index (κ2) is 5.99. The van der Waals surface area contributed by atoms with Crippen LogP contribution in [-0.4, -0.2) is 36.0 Å². The van der Waals surface area contributed by atoms with Gasteiger partial charge in [0.2, 0.25) is 5.76 Å². The minimum Gasteiger partial charge on any atom is -0.497 e. The first-order valence-corrected chi connectivity index (χ1v) is 7.07. The number of amides is 1. The summed E-state index contributed by atoms with van der Waals surface area (Å²) in [7, 11) is 1.67. The number of methoxy groups -OCH3 is 1. The third kappa shape index (κ3) is 3.07. The molecule has 5 heteroatoms. The number of benzene rings is 1. The van der Waals surface area contributed by atoms with Crippen LogP contribution in [0.3, 0.4) is 0 Å². The molecule has 5 nitrogen and oxygen atoms in total. The first kappa shape index (κ1) is 13.7. The van der Waals surface area contributed by atoms with Gasteiger partial charge >= 0.3 is 0 Å². The molecular weight excluding hydrogens is 268 g/mol. The Labute approximate surface area is 123 Å². The van der Waals surface area contributed by atoms with Crippen molar-refractivity contribution in [2.45, 2.75) is 12.8 Å². The van der Waals surface area contributed by atoms with E-state index in [2.05, 4.69) is 17.1 Å². The Hall–Kier alpha value is -2.30. The number of hydrogen-bond acceptors (Lipinski definition) is 4. The molecular formula is C16H18N2O3. The van der Waals surface area contributed by atoms with Gasteiger partial charge in [0.15, 0.2) is 6.39 Å². The molecule has 1 unspecified atom stereocenters. The summed E-state index contributed by atoms with van der Waals surface area (Å²) in [5.41, 5.74) is 1.27. The third-order valence-electron chi connectivity index (χ3n) is 3.90. The molecule has 1 aromatic heterocycles. The summed E-state index contributed by atoms with van der Waals surface area (Å²) in [6.07, 6.45) is 4.76. The van der Waals surface area contributed by atoms with Gasteiger partial charge in [-0.25, -0.2) is 4.98 Å². The summed E-state index contributed by atoms with van der Waals surface area (Å²) in [6, 6.07) is 8.11. The van der Waals surface area contributed by atoms with E-state index in [-0.39, 0.29) is 5.91 Å². The maximum Gasteiger partial charge on any atom is 0.291 e. The highest BCUT2D eigenvalue weighted by molar-refractivity contribution is 5.91. The van der Waals surface area contributed by atoms with E-state index in [1.807, 2.05) is 17.0 Å². The van der Waals surface area contributed by atoms with Gasteiger partial charge in [-0.05, 0) is 36.5 Å². The van der Waals surface area contributed by atoms with Crippen LogP contribution in [0.1, 0.15) is 22.5 Å². The van der Waals surface area contributed by atoms with E-state index < -0.39 is 0 Å². The van der Waals surface area contributed by atoms with Gasteiger partial charge in [0.1, 0.15) is 5.75 Å². The lowest BCUT2D eigenvalue weighted by Gasteiger charge is -2.15. The van der Waals surface area contributed by atoms with Crippen LogP contribution in [0.4, 0.5) is 0 Å². The molecule has 1 fully saturated rings.